The molecule has 0 radical (unpaired) electrons. The lowest BCUT2D eigenvalue weighted by Crippen LogP contribution is -2.43. The number of hydrogen-bond acceptors (Lipinski definition) is 3. The summed E-state index contributed by atoms with van der Waals surface area (Å²) in [7, 11) is 1.52. The molecular formula is C15H23NO3. The summed E-state index contributed by atoms with van der Waals surface area (Å²) in [5.41, 5.74) is 0.228. The molecule has 1 aromatic carbocycles. The van der Waals surface area contributed by atoms with Crippen molar-refractivity contribution < 1.29 is 14.6 Å². The van der Waals surface area contributed by atoms with Crippen LogP contribution in [0.4, 0.5) is 0 Å². The Hall–Kier alpha value is -1.39. The summed E-state index contributed by atoms with van der Waals surface area (Å²) < 4.78 is 4.88. The van der Waals surface area contributed by atoms with E-state index in [0.717, 1.165) is 12.8 Å². The minimum atomic E-state index is -1.01. The lowest BCUT2D eigenvalue weighted by Gasteiger charge is -2.22. The quantitative estimate of drug-likeness (QED) is 0.749. The van der Waals surface area contributed by atoms with Crippen molar-refractivity contribution in [3.8, 4) is 0 Å². The van der Waals surface area contributed by atoms with E-state index in [2.05, 4.69) is 17.4 Å². The largest absolute Gasteiger partial charge is 0.386 e. The van der Waals surface area contributed by atoms with E-state index in [1.807, 2.05) is 18.2 Å². The Balaban J connectivity index is 2.18. The van der Waals surface area contributed by atoms with Gasteiger partial charge >= 0.3 is 0 Å². The third-order valence-corrected chi connectivity index (χ3v) is 2.83. The molecule has 0 aliphatic rings. The van der Waals surface area contributed by atoms with Crippen molar-refractivity contribution in [2.24, 2.45) is 0 Å². The van der Waals surface area contributed by atoms with E-state index in [1.54, 1.807) is 6.92 Å². The Morgan fingerprint density at radius 3 is 2.68 bits per heavy atom. The van der Waals surface area contributed by atoms with Crippen molar-refractivity contribution >= 4 is 5.91 Å². The van der Waals surface area contributed by atoms with Gasteiger partial charge in [-0.2, -0.15) is 0 Å². The molecule has 4 nitrogen and oxygen atoms in total. The number of rotatable bonds is 8. The Morgan fingerprint density at radius 2 is 2.05 bits per heavy atom. The molecule has 0 fully saturated rings. The molecule has 0 saturated carbocycles. The van der Waals surface area contributed by atoms with Crippen molar-refractivity contribution in [2.45, 2.75) is 31.8 Å². The normalized spacial score (nSPS) is 13.8. The van der Waals surface area contributed by atoms with E-state index < -0.39 is 5.60 Å². The van der Waals surface area contributed by atoms with Gasteiger partial charge in [-0.15, -0.1) is 0 Å². The fourth-order valence-corrected chi connectivity index (χ4v) is 1.84. The summed E-state index contributed by atoms with van der Waals surface area (Å²) in [5, 5.41) is 12.6. The van der Waals surface area contributed by atoms with E-state index in [-0.39, 0.29) is 19.1 Å². The van der Waals surface area contributed by atoms with Gasteiger partial charge in [-0.25, -0.2) is 0 Å². The standard InChI is InChI=1S/C15H23NO3/c1-15(18,12-19-2)11-16-14(17)10-6-9-13-7-4-3-5-8-13/h3-5,7-8,18H,6,9-12H2,1-2H3,(H,16,17). The van der Waals surface area contributed by atoms with E-state index in [9.17, 15) is 9.90 Å². The minimum absolute atomic E-state index is 0.0349. The molecule has 0 saturated heterocycles. The average Bonchev–Trinajstić information content (AvgIpc) is 2.38. The number of amides is 1. The number of hydrogen-bond donors (Lipinski definition) is 2. The maximum atomic E-state index is 11.6. The van der Waals surface area contributed by atoms with Gasteiger partial charge in [-0.05, 0) is 25.3 Å². The Morgan fingerprint density at radius 1 is 1.37 bits per heavy atom. The molecule has 0 heterocycles. The van der Waals surface area contributed by atoms with Crippen LogP contribution >= 0.6 is 0 Å². The fourth-order valence-electron chi connectivity index (χ4n) is 1.84. The van der Waals surface area contributed by atoms with Gasteiger partial charge in [0.1, 0.15) is 5.60 Å². The lowest BCUT2D eigenvalue weighted by atomic mass is 10.1. The third kappa shape index (κ3) is 6.94. The molecule has 0 spiro atoms. The van der Waals surface area contributed by atoms with Crippen LogP contribution in [0.5, 0.6) is 0 Å². The van der Waals surface area contributed by atoms with Gasteiger partial charge in [0, 0.05) is 20.1 Å². The molecule has 0 aliphatic carbocycles. The van der Waals surface area contributed by atoms with Gasteiger partial charge in [-0.3, -0.25) is 4.79 Å². The van der Waals surface area contributed by atoms with Gasteiger partial charge in [0.25, 0.3) is 0 Å². The van der Waals surface area contributed by atoms with Crippen LogP contribution in [0.25, 0.3) is 0 Å². The van der Waals surface area contributed by atoms with Crippen molar-refractivity contribution in [1.82, 2.24) is 5.32 Å². The van der Waals surface area contributed by atoms with Crippen LogP contribution in [-0.4, -0.2) is 36.9 Å². The summed E-state index contributed by atoms with van der Waals surface area (Å²) in [6, 6.07) is 10.1. The number of carbonyl (C=O) groups is 1. The van der Waals surface area contributed by atoms with Gasteiger partial charge in [0.2, 0.25) is 5.91 Å². The number of methoxy groups -OCH3 is 1. The van der Waals surface area contributed by atoms with Crippen LogP contribution in [0.3, 0.4) is 0 Å². The molecular weight excluding hydrogens is 242 g/mol. The summed E-state index contributed by atoms with van der Waals surface area (Å²) in [5.74, 6) is -0.0349. The first-order chi connectivity index (χ1) is 9.03. The topological polar surface area (TPSA) is 58.6 Å². The first-order valence-corrected chi connectivity index (χ1v) is 6.55. The van der Waals surface area contributed by atoms with E-state index in [1.165, 1.54) is 12.7 Å². The van der Waals surface area contributed by atoms with E-state index >= 15 is 0 Å². The predicted octanol–water partition coefficient (Wildman–Crippen LogP) is 1.52. The smallest absolute Gasteiger partial charge is 0.220 e. The summed E-state index contributed by atoms with van der Waals surface area (Å²) in [6.45, 7) is 2.06. The fraction of sp³-hybridized carbons (Fsp3) is 0.533. The first kappa shape index (κ1) is 15.7. The highest BCUT2D eigenvalue weighted by molar-refractivity contribution is 5.75. The van der Waals surface area contributed by atoms with Gasteiger partial charge < -0.3 is 15.2 Å². The van der Waals surface area contributed by atoms with Crippen LogP contribution in [-0.2, 0) is 16.0 Å². The molecule has 2 N–H and O–H groups in total. The van der Waals surface area contributed by atoms with Crippen molar-refractivity contribution in [1.29, 1.82) is 0 Å². The Kier molecular flexibility index (Phi) is 6.53. The highest BCUT2D eigenvalue weighted by Gasteiger charge is 2.20. The summed E-state index contributed by atoms with van der Waals surface area (Å²) in [4.78, 5) is 11.6. The molecule has 1 amide bonds. The molecule has 0 aromatic heterocycles. The average molecular weight is 265 g/mol. The van der Waals surface area contributed by atoms with Gasteiger partial charge in [0.15, 0.2) is 0 Å². The SMILES string of the molecule is COCC(C)(O)CNC(=O)CCCc1ccccc1. The van der Waals surface area contributed by atoms with Crippen molar-refractivity contribution in [3.63, 3.8) is 0 Å². The number of benzene rings is 1. The summed E-state index contributed by atoms with van der Waals surface area (Å²) in [6.07, 6.45) is 2.17. The summed E-state index contributed by atoms with van der Waals surface area (Å²) >= 11 is 0. The van der Waals surface area contributed by atoms with Crippen LogP contribution in [0.15, 0.2) is 30.3 Å². The van der Waals surface area contributed by atoms with Gasteiger partial charge in [-0.1, -0.05) is 30.3 Å². The number of carbonyl (C=O) groups excluding carboxylic acids is 1. The van der Waals surface area contributed by atoms with Crippen LogP contribution in [0.2, 0.25) is 0 Å². The van der Waals surface area contributed by atoms with E-state index in [4.69, 9.17) is 4.74 Å². The second kappa shape index (κ2) is 7.92. The number of aliphatic hydroxyl groups is 1. The first-order valence-electron chi connectivity index (χ1n) is 6.55. The predicted molar refractivity (Wildman–Crippen MR) is 74.9 cm³/mol. The Bertz CT molecular complexity index is 376. The monoisotopic (exact) mass is 265 g/mol. The minimum Gasteiger partial charge on any atom is -0.386 e. The maximum absolute atomic E-state index is 11.6. The van der Waals surface area contributed by atoms with E-state index in [0.29, 0.717) is 6.42 Å². The second-order valence-corrected chi connectivity index (χ2v) is 5.05. The number of aryl methyl sites for hydroxylation is 1. The highest BCUT2D eigenvalue weighted by Crippen LogP contribution is 2.05. The molecule has 1 atom stereocenters. The molecule has 4 heteroatoms. The zero-order chi connectivity index (χ0) is 14.1. The van der Waals surface area contributed by atoms with Gasteiger partial charge in [0.05, 0.1) is 6.61 Å². The maximum Gasteiger partial charge on any atom is 0.220 e. The molecule has 106 valence electrons. The molecule has 19 heavy (non-hydrogen) atoms. The second-order valence-electron chi connectivity index (χ2n) is 5.05. The highest BCUT2D eigenvalue weighted by atomic mass is 16.5. The van der Waals surface area contributed by atoms with Crippen LogP contribution in [0, 0.1) is 0 Å². The van der Waals surface area contributed by atoms with Crippen molar-refractivity contribution in [2.75, 3.05) is 20.3 Å². The number of nitrogens with one attached hydrogen (secondary N) is 1. The third-order valence-electron chi connectivity index (χ3n) is 2.83. The van der Waals surface area contributed by atoms with Crippen LogP contribution in [0.1, 0.15) is 25.3 Å². The lowest BCUT2D eigenvalue weighted by molar-refractivity contribution is -0.122. The van der Waals surface area contributed by atoms with Crippen molar-refractivity contribution in [3.05, 3.63) is 35.9 Å². The number of ether oxygens (including phenoxy) is 1. The molecule has 0 bridgehead atoms. The van der Waals surface area contributed by atoms with Crippen LogP contribution < -0.4 is 5.32 Å². The molecule has 0 aliphatic heterocycles. The Labute approximate surface area is 114 Å². The molecule has 1 aromatic rings. The zero-order valence-electron chi connectivity index (χ0n) is 11.7. The molecule has 1 rings (SSSR count). The zero-order valence-corrected chi connectivity index (χ0v) is 11.7. The molecule has 1 unspecified atom stereocenters.